The van der Waals surface area contributed by atoms with Crippen molar-refractivity contribution in [3.63, 3.8) is 0 Å². The van der Waals surface area contributed by atoms with Crippen LogP contribution in [-0.2, 0) is 19.4 Å². The molecule has 0 saturated heterocycles. The molecule has 0 spiro atoms. The molecular formula is C6H2Cl2O4. The van der Waals surface area contributed by atoms with Crippen LogP contribution in [0.1, 0.15) is 0 Å². The van der Waals surface area contributed by atoms with Crippen molar-refractivity contribution < 1.29 is 19.4 Å². The summed E-state index contributed by atoms with van der Waals surface area (Å²) in [5.41, 5.74) is -0.122. The Bertz CT molecular complexity index is 292. The molecule has 1 aliphatic heterocycles. The van der Waals surface area contributed by atoms with E-state index in [9.17, 15) is 9.59 Å². The Balaban J connectivity index is 3.08. The van der Waals surface area contributed by atoms with Gasteiger partial charge in [-0.05, 0) is 29.3 Å². The maximum absolute atomic E-state index is 10.6. The number of halogens is 2. The van der Waals surface area contributed by atoms with Crippen LogP contribution in [0.25, 0.3) is 0 Å². The molecule has 12 heavy (non-hydrogen) atoms. The summed E-state index contributed by atoms with van der Waals surface area (Å²) in [5, 5.41) is -1.78. The fourth-order valence-electron chi connectivity index (χ4n) is 0.586. The molecule has 0 unspecified atom stereocenters. The van der Waals surface area contributed by atoms with E-state index < -0.39 is 16.2 Å². The van der Waals surface area contributed by atoms with E-state index in [0.29, 0.717) is 0 Å². The zero-order valence-corrected chi connectivity index (χ0v) is 7.06. The molecule has 1 heterocycles. The number of carbonyl (C=O) groups excluding carboxylic acids is 2. The molecule has 4 nitrogen and oxygen atoms in total. The van der Waals surface area contributed by atoms with Crippen LogP contribution in [-0.4, -0.2) is 10.5 Å². The number of hydrogen-bond donors (Lipinski definition) is 0. The summed E-state index contributed by atoms with van der Waals surface area (Å²) in [4.78, 5) is 29.8. The lowest BCUT2D eigenvalue weighted by Gasteiger charge is -2.08. The van der Waals surface area contributed by atoms with Gasteiger partial charge in [-0.1, -0.05) is 0 Å². The minimum absolute atomic E-state index is 0.122. The molecule has 0 amide bonds. The Labute approximate surface area is 77.3 Å². The van der Waals surface area contributed by atoms with E-state index in [1.807, 2.05) is 0 Å². The Morgan fingerprint density at radius 1 is 1.25 bits per heavy atom. The highest BCUT2D eigenvalue weighted by molar-refractivity contribution is 6.71. The molecule has 1 aliphatic rings. The Kier molecular flexibility index (Phi) is 2.73. The van der Waals surface area contributed by atoms with E-state index in [1.54, 1.807) is 0 Å². The first-order valence-corrected chi connectivity index (χ1v) is 3.52. The van der Waals surface area contributed by atoms with Gasteiger partial charge in [-0.3, -0.25) is 19.4 Å². The maximum Gasteiger partial charge on any atom is 0.293 e. The zero-order valence-electron chi connectivity index (χ0n) is 5.54. The maximum atomic E-state index is 10.6. The first kappa shape index (κ1) is 9.09. The third-order valence-electron chi connectivity index (χ3n) is 1.06. The van der Waals surface area contributed by atoms with Gasteiger partial charge in [-0.2, -0.15) is 0 Å². The summed E-state index contributed by atoms with van der Waals surface area (Å²) in [6.07, 6.45) is 2.26. The van der Waals surface area contributed by atoms with Gasteiger partial charge in [0.2, 0.25) is 5.76 Å². The van der Waals surface area contributed by atoms with Gasteiger partial charge < -0.3 is 0 Å². The topological polar surface area (TPSA) is 52.6 Å². The molecule has 0 atom stereocenters. The lowest BCUT2D eigenvalue weighted by Crippen LogP contribution is -2.09. The van der Waals surface area contributed by atoms with Crippen molar-refractivity contribution in [2.45, 2.75) is 0 Å². The summed E-state index contributed by atoms with van der Waals surface area (Å²) in [5.74, 6) is -0.404. The molecule has 0 aliphatic carbocycles. The van der Waals surface area contributed by atoms with E-state index >= 15 is 0 Å². The van der Waals surface area contributed by atoms with Crippen LogP contribution in [0.3, 0.4) is 0 Å². The van der Waals surface area contributed by atoms with E-state index in [4.69, 9.17) is 23.2 Å². The van der Waals surface area contributed by atoms with Crippen LogP contribution in [0.15, 0.2) is 23.7 Å². The van der Waals surface area contributed by atoms with Gasteiger partial charge in [0.05, 0.1) is 5.57 Å². The highest BCUT2D eigenvalue weighted by Gasteiger charge is 2.22. The van der Waals surface area contributed by atoms with Crippen molar-refractivity contribution in [1.29, 1.82) is 0 Å². The first-order valence-electron chi connectivity index (χ1n) is 2.76. The van der Waals surface area contributed by atoms with Gasteiger partial charge in [0.25, 0.3) is 10.5 Å². The van der Waals surface area contributed by atoms with E-state index in [0.717, 1.165) is 6.26 Å². The molecule has 1 rings (SSSR count). The molecular weight excluding hydrogens is 207 g/mol. The molecule has 0 saturated carbocycles. The minimum Gasteiger partial charge on any atom is -0.298 e. The molecule has 0 N–H and O–H groups in total. The average Bonchev–Trinajstić information content (AvgIpc) is 2.04. The second-order valence-corrected chi connectivity index (χ2v) is 2.46. The molecule has 0 fully saturated rings. The molecule has 0 bridgehead atoms. The van der Waals surface area contributed by atoms with Crippen LogP contribution in [0, 0.1) is 0 Å². The largest absolute Gasteiger partial charge is 0.298 e. The minimum atomic E-state index is -0.941. The highest BCUT2D eigenvalue weighted by atomic mass is 35.5. The Hall–Kier alpha value is -1.00. The van der Waals surface area contributed by atoms with Gasteiger partial charge in [0, 0.05) is 0 Å². The number of allylic oxidation sites excluding steroid dienone is 3. The molecule has 64 valence electrons. The third kappa shape index (κ3) is 1.78. The van der Waals surface area contributed by atoms with Gasteiger partial charge in [0.1, 0.15) is 6.26 Å². The molecule has 0 radical (unpaired) electrons. The van der Waals surface area contributed by atoms with Crippen LogP contribution in [0.2, 0.25) is 0 Å². The summed E-state index contributed by atoms with van der Waals surface area (Å²) in [6.45, 7) is 0. The van der Waals surface area contributed by atoms with Crippen molar-refractivity contribution in [1.82, 2.24) is 0 Å². The van der Waals surface area contributed by atoms with Gasteiger partial charge >= 0.3 is 0 Å². The predicted octanol–water partition coefficient (Wildman–Crippen LogP) is 1.25. The van der Waals surface area contributed by atoms with E-state index in [1.165, 1.54) is 6.08 Å². The van der Waals surface area contributed by atoms with Crippen molar-refractivity contribution in [3.05, 3.63) is 23.7 Å². The summed E-state index contributed by atoms with van der Waals surface area (Å²) in [7, 11) is 0. The zero-order chi connectivity index (χ0) is 9.14. The van der Waals surface area contributed by atoms with Gasteiger partial charge in [-0.25, -0.2) is 0 Å². The second-order valence-electron chi connectivity index (χ2n) is 1.77. The van der Waals surface area contributed by atoms with Crippen LogP contribution in [0.4, 0.5) is 0 Å². The normalized spacial score (nSPS) is 15.2. The molecule has 6 heteroatoms. The second kappa shape index (κ2) is 3.60. The SMILES string of the molecule is O=C(Cl)C1=C(C(=O)Cl)OOC=C1. The third-order valence-corrected chi connectivity index (χ3v) is 1.43. The van der Waals surface area contributed by atoms with Crippen molar-refractivity contribution >= 4 is 33.7 Å². The lowest BCUT2D eigenvalue weighted by molar-refractivity contribution is -0.214. The fourth-order valence-corrected chi connectivity index (χ4v) is 0.868. The average molecular weight is 209 g/mol. The van der Waals surface area contributed by atoms with Gasteiger partial charge in [-0.15, -0.1) is 0 Å². The van der Waals surface area contributed by atoms with E-state index in [-0.39, 0.29) is 5.57 Å². The smallest absolute Gasteiger partial charge is 0.293 e. The number of hydrogen-bond acceptors (Lipinski definition) is 4. The van der Waals surface area contributed by atoms with Crippen molar-refractivity contribution in [2.24, 2.45) is 0 Å². The van der Waals surface area contributed by atoms with Crippen LogP contribution < -0.4 is 0 Å². The Morgan fingerprint density at radius 2 is 1.92 bits per heavy atom. The molecule has 0 aromatic carbocycles. The van der Waals surface area contributed by atoms with Crippen molar-refractivity contribution in [2.75, 3.05) is 0 Å². The Morgan fingerprint density at radius 3 is 2.33 bits per heavy atom. The standard InChI is InChI=1S/C6H2Cl2O4/c7-5(9)3-1-2-11-12-4(3)6(8)10/h1-2H. The molecule has 0 aromatic heterocycles. The summed E-state index contributed by atoms with van der Waals surface area (Å²) >= 11 is 10.1. The molecule has 0 aromatic rings. The van der Waals surface area contributed by atoms with Crippen molar-refractivity contribution in [3.8, 4) is 0 Å². The van der Waals surface area contributed by atoms with Crippen LogP contribution >= 0.6 is 23.2 Å². The lowest BCUT2D eigenvalue weighted by atomic mass is 10.2. The monoisotopic (exact) mass is 208 g/mol. The van der Waals surface area contributed by atoms with E-state index in [2.05, 4.69) is 9.78 Å². The number of rotatable bonds is 2. The highest BCUT2D eigenvalue weighted by Crippen LogP contribution is 2.18. The van der Waals surface area contributed by atoms with Gasteiger partial charge in [0.15, 0.2) is 0 Å². The number of carbonyl (C=O) groups is 2. The fraction of sp³-hybridized carbons (Fsp3) is 0. The predicted molar refractivity (Wildman–Crippen MR) is 40.1 cm³/mol. The van der Waals surface area contributed by atoms with Crippen LogP contribution in [0.5, 0.6) is 0 Å². The summed E-state index contributed by atoms with van der Waals surface area (Å²) < 4.78 is 0. The first-order chi connectivity index (χ1) is 5.63. The quantitative estimate of drug-likeness (QED) is 0.507. The summed E-state index contributed by atoms with van der Waals surface area (Å²) in [6, 6.07) is 0.